The molecular weight excluding hydrogens is 327 g/mol. The Morgan fingerprint density at radius 3 is 2.27 bits per heavy atom. The number of nitrogens with zero attached hydrogens (tertiary/aromatic N) is 2. The van der Waals surface area contributed by atoms with Crippen molar-refractivity contribution in [1.29, 1.82) is 0 Å². The number of hydrogen-bond donors (Lipinski definition) is 0. The molecule has 134 valence electrons. The van der Waals surface area contributed by atoms with Gasteiger partial charge in [-0.25, -0.2) is 9.07 Å². The second kappa shape index (κ2) is 7.24. The van der Waals surface area contributed by atoms with E-state index in [-0.39, 0.29) is 11.7 Å². The first kappa shape index (κ1) is 18.1. The molecule has 3 rings (SSSR count). The number of aryl methyl sites for hydroxylation is 2. The van der Waals surface area contributed by atoms with Gasteiger partial charge in [0.1, 0.15) is 5.82 Å². The Bertz CT molecular complexity index is 890. The second-order valence-electron chi connectivity index (χ2n) is 7.48. The van der Waals surface area contributed by atoms with E-state index in [1.807, 2.05) is 57.2 Å². The first-order chi connectivity index (χ1) is 12.3. The number of rotatable bonds is 4. The summed E-state index contributed by atoms with van der Waals surface area (Å²) < 4.78 is 14.6. The Labute approximate surface area is 153 Å². The molecule has 0 spiro atoms. The van der Waals surface area contributed by atoms with Crippen molar-refractivity contribution < 1.29 is 9.18 Å². The van der Waals surface area contributed by atoms with Crippen LogP contribution < -0.4 is 0 Å². The van der Waals surface area contributed by atoms with Crippen LogP contribution in [-0.4, -0.2) is 15.7 Å². The van der Waals surface area contributed by atoms with E-state index in [4.69, 9.17) is 0 Å². The Morgan fingerprint density at radius 1 is 1.00 bits per heavy atom. The van der Waals surface area contributed by atoms with Gasteiger partial charge in [0.2, 0.25) is 0 Å². The summed E-state index contributed by atoms with van der Waals surface area (Å²) in [6.45, 7) is 5.68. The van der Waals surface area contributed by atoms with Gasteiger partial charge in [0.15, 0.2) is 0 Å². The van der Waals surface area contributed by atoms with Crippen LogP contribution in [0, 0.1) is 11.2 Å². The normalized spacial score (nSPS) is 11.5. The van der Waals surface area contributed by atoms with E-state index in [1.54, 1.807) is 12.1 Å². The molecular formula is C22H23FN2O. The Kier molecular flexibility index (Phi) is 5.03. The molecule has 0 unspecified atom stereocenters. The molecule has 0 saturated heterocycles. The molecule has 0 aliphatic carbocycles. The summed E-state index contributed by atoms with van der Waals surface area (Å²) in [6, 6.07) is 18.3. The van der Waals surface area contributed by atoms with E-state index < -0.39 is 5.41 Å². The molecule has 0 aliphatic rings. The molecule has 3 nitrogen and oxygen atoms in total. The number of carbonyl (C=O) groups excluding carboxylic acids is 1. The minimum absolute atomic E-state index is 0.0335. The summed E-state index contributed by atoms with van der Waals surface area (Å²) >= 11 is 0. The predicted molar refractivity (Wildman–Crippen MR) is 102 cm³/mol. The van der Waals surface area contributed by atoms with Gasteiger partial charge in [0.25, 0.3) is 5.91 Å². The third kappa shape index (κ3) is 4.07. The van der Waals surface area contributed by atoms with E-state index in [1.165, 1.54) is 16.8 Å². The zero-order valence-corrected chi connectivity index (χ0v) is 15.4. The van der Waals surface area contributed by atoms with Gasteiger partial charge in [0.05, 0.1) is 5.69 Å². The average Bonchev–Trinajstić information content (AvgIpc) is 3.04. The molecule has 0 bridgehead atoms. The lowest BCUT2D eigenvalue weighted by Crippen LogP contribution is -2.29. The van der Waals surface area contributed by atoms with Crippen molar-refractivity contribution >= 4 is 5.91 Å². The van der Waals surface area contributed by atoms with E-state index in [0.29, 0.717) is 6.42 Å². The Morgan fingerprint density at radius 2 is 1.65 bits per heavy atom. The summed E-state index contributed by atoms with van der Waals surface area (Å²) in [5, 5.41) is 4.58. The van der Waals surface area contributed by atoms with Crippen LogP contribution in [-0.2, 0) is 12.8 Å². The van der Waals surface area contributed by atoms with Gasteiger partial charge < -0.3 is 0 Å². The third-order valence-electron chi connectivity index (χ3n) is 4.27. The number of carbonyl (C=O) groups is 1. The van der Waals surface area contributed by atoms with Crippen LogP contribution in [0.15, 0.2) is 60.7 Å². The number of aromatic nitrogens is 2. The van der Waals surface area contributed by atoms with Crippen LogP contribution in [0.5, 0.6) is 0 Å². The third-order valence-corrected chi connectivity index (χ3v) is 4.27. The lowest BCUT2D eigenvalue weighted by molar-refractivity contribution is 0.0745. The van der Waals surface area contributed by atoms with Gasteiger partial charge in [-0.05, 0) is 36.6 Å². The Hall–Kier alpha value is -2.75. The fourth-order valence-electron chi connectivity index (χ4n) is 2.76. The summed E-state index contributed by atoms with van der Waals surface area (Å²) in [5.74, 6) is -0.276. The number of halogens is 1. The summed E-state index contributed by atoms with van der Waals surface area (Å²) in [6.07, 6.45) is 1.38. The van der Waals surface area contributed by atoms with Gasteiger partial charge in [-0.15, -0.1) is 0 Å². The fourth-order valence-corrected chi connectivity index (χ4v) is 2.76. The molecule has 1 heterocycles. The first-order valence-corrected chi connectivity index (χ1v) is 8.78. The van der Waals surface area contributed by atoms with Crippen molar-refractivity contribution in [3.63, 3.8) is 0 Å². The smallest absolute Gasteiger partial charge is 0.252 e. The highest BCUT2D eigenvalue weighted by molar-refractivity contribution is 5.84. The average molecular weight is 350 g/mol. The van der Waals surface area contributed by atoms with Crippen molar-refractivity contribution in [3.8, 4) is 11.3 Å². The molecule has 0 radical (unpaired) electrons. The van der Waals surface area contributed by atoms with E-state index in [9.17, 15) is 9.18 Å². The van der Waals surface area contributed by atoms with Crippen LogP contribution in [0.3, 0.4) is 0 Å². The van der Waals surface area contributed by atoms with E-state index in [2.05, 4.69) is 5.10 Å². The Balaban J connectivity index is 1.92. The van der Waals surface area contributed by atoms with Crippen molar-refractivity contribution in [2.75, 3.05) is 0 Å². The molecule has 2 aromatic carbocycles. The molecule has 1 aromatic heterocycles. The first-order valence-electron chi connectivity index (χ1n) is 8.78. The lowest BCUT2D eigenvalue weighted by Gasteiger charge is -2.17. The van der Waals surface area contributed by atoms with Gasteiger partial charge in [-0.1, -0.05) is 63.2 Å². The molecule has 0 amide bonds. The largest absolute Gasteiger partial charge is 0.272 e. The zero-order chi connectivity index (χ0) is 18.7. The number of benzene rings is 2. The molecule has 26 heavy (non-hydrogen) atoms. The van der Waals surface area contributed by atoms with Crippen molar-refractivity contribution in [1.82, 2.24) is 9.78 Å². The zero-order valence-electron chi connectivity index (χ0n) is 15.4. The van der Waals surface area contributed by atoms with Gasteiger partial charge >= 0.3 is 0 Å². The molecule has 0 saturated carbocycles. The second-order valence-corrected chi connectivity index (χ2v) is 7.48. The maximum absolute atomic E-state index is 13.1. The number of hydrogen-bond acceptors (Lipinski definition) is 2. The molecule has 0 fully saturated rings. The SMILES string of the molecule is CC(C)(C)C(=O)n1nc(-c2ccccc2)cc1CCc1ccc(F)cc1. The van der Waals surface area contributed by atoms with Crippen molar-refractivity contribution in [2.45, 2.75) is 33.6 Å². The summed E-state index contributed by atoms with van der Waals surface area (Å²) in [4.78, 5) is 12.8. The molecule has 3 aromatic rings. The lowest BCUT2D eigenvalue weighted by atomic mass is 9.95. The fraction of sp³-hybridized carbons (Fsp3) is 0.273. The highest BCUT2D eigenvalue weighted by Crippen LogP contribution is 2.24. The van der Waals surface area contributed by atoms with Crippen molar-refractivity contribution in [2.24, 2.45) is 5.41 Å². The van der Waals surface area contributed by atoms with Gasteiger partial charge in [0, 0.05) is 16.7 Å². The summed E-state index contributed by atoms with van der Waals surface area (Å²) in [5.41, 5.74) is 3.15. The van der Waals surface area contributed by atoms with Gasteiger partial charge in [-0.2, -0.15) is 5.10 Å². The van der Waals surface area contributed by atoms with E-state index >= 15 is 0 Å². The van der Waals surface area contributed by atoms with Crippen molar-refractivity contribution in [3.05, 3.63) is 77.7 Å². The van der Waals surface area contributed by atoms with Crippen LogP contribution in [0.1, 0.15) is 36.8 Å². The van der Waals surface area contributed by atoms with Crippen LogP contribution in [0.4, 0.5) is 4.39 Å². The monoisotopic (exact) mass is 350 g/mol. The molecule has 4 heteroatoms. The standard InChI is InChI=1S/C22H23FN2O/c1-22(2,3)21(26)25-19(14-11-16-9-12-18(23)13-10-16)15-20(24-25)17-7-5-4-6-8-17/h4-10,12-13,15H,11,14H2,1-3H3. The minimum Gasteiger partial charge on any atom is -0.272 e. The minimum atomic E-state index is -0.523. The molecule has 0 aliphatic heterocycles. The van der Waals surface area contributed by atoms with Crippen LogP contribution >= 0.6 is 0 Å². The maximum atomic E-state index is 13.1. The maximum Gasteiger partial charge on any atom is 0.252 e. The molecule has 0 N–H and O–H groups in total. The molecule has 0 atom stereocenters. The highest BCUT2D eigenvalue weighted by Gasteiger charge is 2.26. The highest BCUT2D eigenvalue weighted by atomic mass is 19.1. The topological polar surface area (TPSA) is 34.9 Å². The van der Waals surface area contributed by atoms with Crippen LogP contribution in [0.2, 0.25) is 0 Å². The van der Waals surface area contributed by atoms with Crippen LogP contribution in [0.25, 0.3) is 11.3 Å². The quantitative estimate of drug-likeness (QED) is 0.651. The predicted octanol–water partition coefficient (Wildman–Crippen LogP) is 5.16. The van der Waals surface area contributed by atoms with Gasteiger partial charge in [-0.3, -0.25) is 4.79 Å². The van der Waals surface area contributed by atoms with E-state index in [0.717, 1.165) is 28.9 Å². The summed E-state index contributed by atoms with van der Waals surface area (Å²) in [7, 11) is 0.